The molecular weight excluding hydrogens is 212 g/mol. The lowest BCUT2D eigenvalue weighted by atomic mass is 9.86. The first kappa shape index (κ1) is 12.9. The molecular formula is C14H26N2O. The molecule has 4 atom stereocenters. The largest absolute Gasteiger partial charge is 0.338 e. The molecule has 0 aromatic heterocycles. The molecule has 1 aliphatic carbocycles. The number of hydrogen-bond donors (Lipinski definition) is 1. The molecule has 0 bridgehead atoms. The molecule has 0 aromatic carbocycles. The second-order valence-electron chi connectivity index (χ2n) is 6.93. The van der Waals surface area contributed by atoms with Gasteiger partial charge in [0, 0.05) is 12.6 Å². The van der Waals surface area contributed by atoms with Gasteiger partial charge in [-0.25, -0.2) is 0 Å². The lowest BCUT2D eigenvalue weighted by Crippen LogP contribution is -2.51. The maximum absolute atomic E-state index is 12.4. The van der Waals surface area contributed by atoms with Crippen LogP contribution in [0.4, 0.5) is 0 Å². The standard InChI is InChI=1S/C14H26N2O/c1-9-11-7-5-6-10(11)8-16(9)13(17)12(15)14(2,3)4/h9-12H,5-8,15H2,1-4H3/t9-,10+,11-,12?/m1/s1. The van der Waals surface area contributed by atoms with Crippen molar-refractivity contribution in [3.8, 4) is 0 Å². The molecule has 1 unspecified atom stereocenters. The molecule has 1 heterocycles. The molecule has 2 N–H and O–H groups in total. The number of nitrogens with two attached hydrogens (primary N) is 1. The number of rotatable bonds is 1. The number of hydrogen-bond acceptors (Lipinski definition) is 2. The van der Waals surface area contributed by atoms with Gasteiger partial charge in [0.25, 0.3) is 0 Å². The number of likely N-dealkylation sites (tertiary alicyclic amines) is 1. The first-order valence-corrected chi connectivity index (χ1v) is 6.88. The molecule has 3 heteroatoms. The fourth-order valence-corrected chi connectivity index (χ4v) is 3.42. The van der Waals surface area contributed by atoms with Crippen LogP contribution in [-0.4, -0.2) is 29.4 Å². The maximum Gasteiger partial charge on any atom is 0.240 e. The van der Waals surface area contributed by atoms with Crippen LogP contribution in [0.1, 0.15) is 47.0 Å². The predicted octanol–water partition coefficient (Wildman–Crippen LogP) is 2.01. The highest BCUT2D eigenvalue weighted by atomic mass is 16.2. The van der Waals surface area contributed by atoms with Gasteiger partial charge in [-0.1, -0.05) is 27.2 Å². The van der Waals surface area contributed by atoms with E-state index in [9.17, 15) is 4.79 Å². The van der Waals surface area contributed by atoms with E-state index in [-0.39, 0.29) is 17.4 Å². The zero-order valence-corrected chi connectivity index (χ0v) is 11.6. The van der Waals surface area contributed by atoms with E-state index in [1.807, 2.05) is 25.7 Å². The van der Waals surface area contributed by atoms with Gasteiger partial charge in [-0.2, -0.15) is 0 Å². The Morgan fingerprint density at radius 2 is 2.00 bits per heavy atom. The third kappa shape index (κ3) is 2.22. The zero-order chi connectivity index (χ0) is 12.8. The van der Waals surface area contributed by atoms with Crippen LogP contribution in [0.15, 0.2) is 0 Å². The van der Waals surface area contributed by atoms with Gasteiger partial charge in [0.05, 0.1) is 6.04 Å². The van der Waals surface area contributed by atoms with E-state index in [0.717, 1.165) is 18.4 Å². The van der Waals surface area contributed by atoms with Crippen LogP contribution in [0.3, 0.4) is 0 Å². The summed E-state index contributed by atoms with van der Waals surface area (Å²) < 4.78 is 0. The molecule has 17 heavy (non-hydrogen) atoms. The van der Waals surface area contributed by atoms with Crippen LogP contribution in [0.25, 0.3) is 0 Å². The molecule has 2 rings (SSSR count). The molecule has 1 saturated carbocycles. The van der Waals surface area contributed by atoms with E-state index in [4.69, 9.17) is 5.73 Å². The summed E-state index contributed by atoms with van der Waals surface area (Å²) in [5.74, 6) is 1.62. The average Bonchev–Trinajstić information content (AvgIpc) is 2.78. The fraction of sp³-hybridized carbons (Fsp3) is 0.929. The van der Waals surface area contributed by atoms with Crippen LogP contribution in [0.2, 0.25) is 0 Å². The second-order valence-corrected chi connectivity index (χ2v) is 6.93. The summed E-state index contributed by atoms with van der Waals surface area (Å²) in [7, 11) is 0. The Hall–Kier alpha value is -0.570. The molecule has 0 spiro atoms. The third-order valence-electron chi connectivity index (χ3n) is 4.74. The van der Waals surface area contributed by atoms with Gasteiger partial charge in [-0.05, 0) is 37.0 Å². The van der Waals surface area contributed by atoms with Crippen molar-refractivity contribution < 1.29 is 4.79 Å². The number of carbonyl (C=O) groups excluding carboxylic acids is 1. The summed E-state index contributed by atoms with van der Waals surface area (Å²) in [6.45, 7) is 9.25. The van der Waals surface area contributed by atoms with Gasteiger partial charge >= 0.3 is 0 Å². The van der Waals surface area contributed by atoms with Crippen molar-refractivity contribution in [1.82, 2.24) is 4.90 Å². The highest BCUT2D eigenvalue weighted by molar-refractivity contribution is 5.83. The summed E-state index contributed by atoms with van der Waals surface area (Å²) in [4.78, 5) is 14.5. The minimum Gasteiger partial charge on any atom is -0.338 e. The number of amides is 1. The van der Waals surface area contributed by atoms with Gasteiger partial charge in [0.1, 0.15) is 0 Å². The Morgan fingerprint density at radius 1 is 1.35 bits per heavy atom. The van der Waals surface area contributed by atoms with Crippen LogP contribution < -0.4 is 5.73 Å². The molecule has 3 nitrogen and oxygen atoms in total. The summed E-state index contributed by atoms with van der Waals surface area (Å²) in [6, 6.07) is 0.0205. The van der Waals surface area contributed by atoms with Gasteiger partial charge < -0.3 is 10.6 Å². The van der Waals surface area contributed by atoms with Crippen LogP contribution >= 0.6 is 0 Å². The number of carbonyl (C=O) groups is 1. The van der Waals surface area contributed by atoms with Gasteiger partial charge in [-0.15, -0.1) is 0 Å². The monoisotopic (exact) mass is 238 g/mol. The summed E-state index contributed by atoms with van der Waals surface area (Å²) in [5.41, 5.74) is 5.95. The average molecular weight is 238 g/mol. The minimum atomic E-state index is -0.372. The highest BCUT2D eigenvalue weighted by Crippen LogP contribution is 2.42. The predicted molar refractivity (Wildman–Crippen MR) is 69.4 cm³/mol. The SMILES string of the molecule is C[C@@H]1[C@H]2CCC[C@H]2CN1C(=O)C(N)C(C)(C)C. The lowest BCUT2D eigenvalue weighted by Gasteiger charge is -2.33. The summed E-state index contributed by atoms with van der Waals surface area (Å²) >= 11 is 0. The molecule has 0 aromatic rings. The van der Waals surface area contributed by atoms with Gasteiger partial charge in [0.2, 0.25) is 5.91 Å². The molecule has 1 amide bonds. The molecule has 0 radical (unpaired) electrons. The minimum absolute atomic E-state index is 0.144. The Balaban J connectivity index is 2.07. The van der Waals surface area contributed by atoms with Crippen LogP contribution in [-0.2, 0) is 4.79 Å². The van der Waals surface area contributed by atoms with Gasteiger partial charge in [0.15, 0.2) is 0 Å². The molecule has 2 aliphatic rings. The van der Waals surface area contributed by atoms with Crippen molar-refractivity contribution in [3.05, 3.63) is 0 Å². The van der Waals surface area contributed by atoms with Crippen molar-refractivity contribution in [2.75, 3.05) is 6.54 Å². The van der Waals surface area contributed by atoms with E-state index >= 15 is 0 Å². The van der Waals surface area contributed by atoms with E-state index in [2.05, 4.69) is 6.92 Å². The van der Waals surface area contributed by atoms with Crippen molar-refractivity contribution in [1.29, 1.82) is 0 Å². The quantitative estimate of drug-likeness (QED) is 0.759. The Morgan fingerprint density at radius 3 is 2.53 bits per heavy atom. The van der Waals surface area contributed by atoms with E-state index in [1.54, 1.807) is 0 Å². The maximum atomic E-state index is 12.4. The van der Waals surface area contributed by atoms with E-state index in [0.29, 0.717) is 6.04 Å². The molecule has 2 fully saturated rings. The molecule has 98 valence electrons. The van der Waals surface area contributed by atoms with Crippen molar-refractivity contribution in [2.24, 2.45) is 23.0 Å². The van der Waals surface area contributed by atoms with Crippen LogP contribution in [0, 0.1) is 17.3 Å². The summed E-state index contributed by atoms with van der Waals surface area (Å²) in [6.07, 6.45) is 3.93. The lowest BCUT2D eigenvalue weighted by molar-refractivity contribution is -0.136. The smallest absolute Gasteiger partial charge is 0.240 e. The Labute approximate surface area is 105 Å². The van der Waals surface area contributed by atoms with Crippen molar-refractivity contribution in [3.63, 3.8) is 0 Å². The van der Waals surface area contributed by atoms with Gasteiger partial charge in [-0.3, -0.25) is 4.79 Å². The first-order chi connectivity index (χ1) is 7.82. The third-order valence-corrected chi connectivity index (χ3v) is 4.74. The van der Waals surface area contributed by atoms with E-state index < -0.39 is 0 Å². The Bertz CT molecular complexity index is 308. The molecule has 1 saturated heterocycles. The van der Waals surface area contributed by atoms with Crippen molar-refractivity contribution >= 4 is 5.91 Å². The Kier molecular flexibility index (Phi) is 3.23. The summed E-state index contributed by atoms with van der Waals surface area (Å²) in [5, 5.41) is 0. The number of fused-ring (bicyclic) bond motifs is 1. The number of nitrogens with zero attached hydrogens (tertiary/aromatic N) is 1. The van der Waals surface area contributed by atoms with Crippen molar-refractivity contribution in [2.45, 2.75) is 59.0 Å². The van der Waals surface area contributed by atoms with Crippen LogP contribution in [0.5, 0.6) is 0 Å². The van der Waals surface area contributed by atoms with E-state index in [1.165, 1.54) is 19.3 Å². The second kappa shape index (κ2) is 4.27. The zero-order valence-electron chi connectivity index (χ0n) is 11.6. The highest BCUT2D eigenvalue weighted by Gasteiger charge is 2.45. The molecule has 1 aliphatic heterocycles. The normalized spacial score (nSPS) is 34.9. The fourth-order valence-electron chi connectivity index (χ4n) is 3.42. The topological polar surface area (TPSA) is 46.3 Å². The first-order valence-electron chi connectivity index (χ1n) is 6.88.